The molecule has 1 atom stereocenters. The Morgan fingerprint density at radius 2 is 2.15 bits per heavy atom. The summed E-state index contributed by atoms with van der Waals surface area (Å²) in [4.78, 5) is 4.16. The summed E-state index contributed by atoms with van der Waals surface area (Å²) in [5.74, 6) is 0.683. The van der Waals surface area contributed by atoms with E-state index in [0.29, 0.717) is 5.92 Å². The van der Waals surface area contributed by atoms with Crippen LogP contribution >= 0.6 is 0 Å². The molecule has 1 aromatic heterocycles. The van der Waals surface area contributed by atoms with Gasteiger partial charge in [-0.3, -0.25) is 4.98 Å². The van der Waals surface area contributed by atoms with Crippen LogP contribution in [0.2, 0.25) is 0 Å². The van der Waals surface area contributed by atoms with Gasteiger partial charge in [0.05, 0.1) is 0 Å². The van der Waals surface area contributed by atoms with Crippen LogP contribution in [0.1, 0.15) is 50.7 Å². The molecule has 0 spiro atoms. The number of nitrogens with zero attached hydrogens (tertiary/aromatic N) is 1. The lowest BCUT2D eigenvalue weighted by Gasteiger charge is -2.13. The Morgan fingerprint density at radius 3 is 2.77 bits per heavy atom. The molecule has 0 aromatic carbocycles. The Morgan fingerprint density at radius 1 is 1.38 bits per heavy atom. The molecule has 1 nitrogen and oxygen atoms in total. The zero-order valence-electron chi connectivity index (χ0n) is 8.88. The van der Waals surface area contributed by atoms with E-state index < -0.39 is 0 Å². The predicted octanol–water partition coefficient (Wildman–Crippen LogP) is 3.55. The molecule has 1 heteroatoms. The highest BCUT2D eigenvalue weighted by molar-refractivity contribution is 5.26. The van der Waals surface area contributed by atoms with Gasteiger partial charge in [-0.05, 0) is 36.0 Å². The molecule has 0 fully saturated rings. The Balaban J connectivity index is 2.85. The van der Waals surface area contributed by atoms with Crippen molar-refractivity contribution in [3.63, 3.8) is 0 Å². The minimum atomic E-state index is 0.683. The third kappa shape index (κ3) is 2.55. The van der Waals surface area contributed by atoms with E-state index in [2.05, 4.69) is 31.8 Å². The summed E-state index contributed by atoms with van der Waals surface area (Å²) < 4.78 is 0. The fourth-order valence-electron chi connectivity index (χ4n) is 1.80. The summed E-state index contributed by atoms with van der Waals surface area (Å²) in [6.07, 6.45) is 7.53. The lowest BCUT2D eigenvalue weighted by molar-refractivity contribution is 0.657. The van der Waals surface area contributed by atoms with Gasteiger partial charge in [0.2, 0.25) is 0 Å². The summed E-state index contributed by atoms with van der Waals surface area (Å²) in [6, 6.07) is 2.17. The van der Waals surface area contributed by atoms with Crippen LogP contribution in [-0.2, 0) is 6.42 Å². The van der Waals surface area contributed by atoms with Gasteiger partial charge in [0.15, 0.2) is 0 Å². The van der Waals surface area contributed by atoms with Gasteiger partial charge in [-0.25, -0.2) is 0 Å². The average molecular weight is 177 g/mol. The van der Waals surface area contributed by atoms with E-state index in [1.807, 2.05) is 12.4 Å². The third-order valence-electron chi connectivity index (χ3n) is 2.57. The van der Waals surface area contributed by atoms with Gasteiger partial charge in [-0.2, -0.15) is 0 Å². The summed E-state index contributed by atoms with van der Waals surface area (Å²) in [7, 11) is 0. The second-order valence-corrected chi connectivity index (χ2v) is 3.62. The number of rotatable bonds is 4. The van der Waals surface area contributed by atoms with Crippen molar-refractivity contribution < 1.29 is 0 Å². The van der Waals surface area contributed by atoms with Gasteiger partial charge >= 0.3 is 0 Å². The molecule has 0 saturated carbocycles. The molecule has 72 valence electrons. The Labute approximate surface area is 81.2 Å². The van der Waals surface area contributed by atoms with Crippen LogP contribution in [0.3, 0.4) is 0 Å². The topological polar surface area (TPSA) is 12.9 Å². The molecule has 1 rings (SSSR count). The van der Waals surface area contributed by atoms with Gasteiger partial charge < -0.3 is 0 Å². The highest BCUT2D eigenvalue weighted by Crippen LogP contribution is 2.23. The van der Waals surface area contributed by atoms with Crippen molar-refractivity contribution in [2.45, 2.75) is 46.0 Å². The van der Waals surface area contributed by atoms with Crippen molar-refractivity contribution in [2.75, 3.05) is 0 Å². The van der Waals surface area contributed by atoms with Crippen molar-refractivity contribution >= 4 is 0 Å². The first-order valence-corrected chi connectivity index (χ1v) is 5.22. The van der Waals surface area contributed by atoms with E-state index in [4.69, 9.17) is 0 Å². The van der Waals surface area contributed by atoms with Gasteiger partial charge in [-0.15, -0.1) is 0 Å². The van der Waals surface area contributed by atoms with Crippen LogP contribution in [0.15, 0.2) is 18.5 Å². The second kappa shape index (κ2) is 5.00. The van der Waals surface area contributed by atoms with Gasteiger partial charge in [0.25, 0.3) is 0 Å². The average Bonchev–Trinajstić information content (AvgIpc) is 2.18. The molecular weight excluding hydrogens is 158 g/mol. The number of hydrogen-bond acceptors (Lipinski definition) is 1. The molecule has 0 N–H and O–H groups in total. The van der Waals surface area contributed by atoms with Crippen molar-refractivity contribution in [3.05, 3.63) is 29.6 Å². The fourth-order valence-corrected chi connectivity index (χ4v) is 1.80. The summed E-state index contributed by atoms with van der Waals surface area (Å²) in [6.45, 7) is 6.74. The van der Waals surface area contributed by atoms with Crippen LogP contribution in [0.5, 0.6) is 0 Å². The quantitative estimate of drug-likeness (QED) is 0.685. The van der Waals surface area contributed by atoms with Gasteiger partial charge in [0.1, 0.15) is 0 Å². The molecule has 1 heterocycles. The zero-order chi connectivity index (χ0) is 9.68. The van der Waals surface area contributed by atoms with E-state index in [1.54, 1.807) is 0 Å². The van der Waals surface area contributed by atoms with E-state index in [9.17, 15) is 0 Å². The first-order chi connectivity index (χ1) is 6.29. The maximum Gasteiger partial charge on any atom is 0.0302 e. The molecule has 13 heavy (non-hydrogen) atoms. The van der Waals surface area contributed by atoms with Crippen LogP contribution in [-0.4, -0.2) is 4.98 Å². The molecule has 0 aliphatic rings. The van der Waals surface area contributed by atoms with Crippen molar-refractivity contribution in [1.82, 2.24) is 4.98 Å². The maximum atomic E-state index is 4.16. The molecule has 1 aromatic rings. The fraction of sp³-hybridized carbons (Fsp3) is 0.583. The van der Waals surface area contributed by atoms with E-state index in [0.717, 1.165) is 6.42 Å². The molecule has 0 aliphatic heterocycles. The van der Waals surface area contributed by atoms with E-state index in [-0.39, 0.29) is 0 Å². The molecule has 1 unspecified atom stereocenters. The van der Waals surface area contributed by atoms with Crippen LogP contribution in [0, 0.1) is 0 Å². The van der Waals surface area contributed by atoms with Crippen molar-refractivity contribution in [1.29, 1.82) is 0 Å². The number of aromatic nitrogens is 1. The lowest BCUT2D eigenvalue weighted by atomic mass is 9.93. The minimum absolute atomic E-state index is 0.683. The highest BCUT2D eigenvalue weighted by atomic mass is 14.6. The Kier molecular flexibility index (Phi) is 3.94. The van der Waals surface area contributed by atoms with Gasteiger partial charge in [0, 0.05) is 12.4 Å². The number of pyridine rings is 1. The monoisotopic (exact) mass is 177 g/mol. The minimum Gasteiger partial charge on any atom is -0.264 e. The predicted molar refractivity (Wildman–Crippen MR) is 56.9 cm³/mol. The van der Waals surface area contributed by atoms with Crippen molar-refractivity contribution in [2.24, 2.45) is 0 Å². The molecule has 0 saturated heterocycles. The molecule has 0 aliphatic carbocycles. The molecule has 0 amide bonds. The smallest absolute Gasteiger partial charge is 0.0302 e. The molecular formula is C12H19N. The van der Waals surface area contributed by atoms with Crippen LogP contribution in [0.25, 0.3) is 0 Å². The van der Waals surface area contributed by atoms with Crippen LogP contribution in [0.4, 0.5) is 0 Å². The normalized spacial score (nSPS) is 12.8. The van der Waals surface area contributed by atoms with E-state index in [1.165, 1.54) is 24.0 Å². The van der Waals surface area contributed by atoms with E-state index >= 15 is 0 Å². The standard InChI is InChI=1S/C12H19N/c1-4-6-10(3)12-7-8-13-9-11(12)5-2/h7-10H,4-6H2,1-3H3. The summed E-state index contributed by atoms with van der Waals surface area (Å²) in [5, 5.41) is 0. The highest BCUT2D eigenvalue weighted by Gasteiger charge is 2.07. The zero-order valence-corrected chi connectivity index (χ0v) is 8.88. The Bertz CT molecular complexity index is 255. The molecule has 0 bridgehead atoms. The SMILES string of the molecule is CCCC(C)c1ccncc1CC. The summed E-state index contributed by atoms with van der Waals surface area (Å²) >= 11 is 0. The Hall–Kier alpha value is -0.850. The lowest BCUT2D eigenvalue weighted by Crippen LogP contribution is -1.98. The molecule has 0 radical (unpaired) electrons. The second-order valence-electron chi connectivity index (χ2n) is 3.62. The van der Waals surface area contributed by atoms with Gasteiger partial charge in [-0.1, -0.05) is 27.2 Å². The van der Waals surface area contributed by atoms with Crippen molar-refractivity contribution in [3.8, 4) is 0 Å². The maximum absolute atomic E-state index is 4.16. The largest absolute Gasteiger partial charge is 0.264 e. The number of hydrogen-bond donors (Lipinski definition) is 0. The number of aryl methyl sites for hydroxylation is 1. The first kappa shape index (κ1) is 10.2. The first-order valence-electron chi connectivity index (χ1n) is 5.22. The van der Waals surface area contributed by atoms with Crippen LogP contribution < -0.4 is 0 Å². The summed E-state index contributed by atoms with van der Waals surface area (Å²) in [5.41, 5.74) is 2.89. The third-order valence-corrected chi connectivity index (χ3v) is 2.57.